The lowest BCUT2D eigenvalue weighted by Crippen LogP contribution is -2.12. The summed E-state index contributed by atoms with van der Waals surface area (Å²) in [5, 5.41) is 0. The summed E-state index contributed by atoms with van der Waals surface area (Å²) in [6.07, 6.45) is 5.50. The second-order valence-electron chi connectivity index (χ2n) is 3.38. The van der Waals surface area contributed by atoms with Crippen LogP contribution in [0.1, 0.15) is 32.6 Å². The summed E-state index contributed by atoms with van der Waals surface area (Å²) >= 11 is 0. The van der Waals surface area contributed by atoms with E-state index in [0.717, 1.165) is 0 Å². The van der Waals surface area contributed by atoms with Crippen molar-refractivity contribution in [3.05, 3.63) is 0 Å². The summed E-state index contributed by atoms with van der Waals surface area (Å²) in [5.74, 6) is 0. The van der Waals surface area contributed by atoms with Gasteiger partial charge in [-0.15, -0.1) is 0 Å². The Bertz CT molecular complexity index is 149. The molecular weight excluding hydrogens is 205 g/mol. The first-order valence-corrected chi connectivity index (χ1v) is 6.27. The van der Waals surface area contributed by atoms with Gasteiger partial charge in [-0.2, -0.15) is 0 Å². The zero-order valence-corrected chi connectivity index (χ0v) is 10.1. The van der Waals surface area contributed by atoms with Crippen LogP contribution in [0.5, 0.6) is 0 Å². The molecule has 0 unspecified atom stereocenters. The highest BCUT2D eigenvalue weighted by molar-refractivity contribution is 7.45. The van der Waals surface area contributed by atoms with E-state index in [1.807, 2.05) is 0 Å². The molecule has 0 radical (unpaired) electrons. The van der Waals surface area contributed by atoms with Crippen molar-refractivity contribution < 1.29 is 19.2 Å². The van der Waals surface area contributed by atoms with Crippen LogP contribution in [-0.4, -0.2) is 40.2 Å². The molecule has 0 fully saturated rings. The van der Waals surface area contributed by atoms with E-state index in [9.17, 15) is 0 Å². The Morgan fingerprint density at radius 1 is 1.07 bits per heavy atom. The van der Waals surface area contributed by atoms with Gasteiger partial charge in [-0.25, -0.2) is 4.57 Å². The van der Waals surface area contributed by atoms with Crippen molar-refractivity contribution in [2.24, 2.45) is 0 Å². The molecule has 14 heavy (non-hydrogen) atoms. The molecule has 0 bridgehead atoms. The average molecular weight is 227 g/mol. The maximum absolute atomic E-state index is 8.88. The minimum absolute atomic E-state index is 1.25. The van der Waals surface area contributed by atoms with E-state index in [-0.39, 0.29) is 0 Å². The SMILES string of the molecule is CCCCCCN(C)C.O=P(O)(O)O. The highest BCUT2D eigenvalue weighted by Crippen LogP contribution is 2.25. The van der Waals surface area contributed by atoms with Gasteiger partial charge in [0.05, 0.1) is 0 Å². The Balaban J connectivity index is 0. The van der Waals surface area contributed by atoms with Crippen LogP contribution >= 0.6 is 7.82 Å². The highest BCUT2D eigenvalue weighted by Gasteiger charge is 2.00. The van der Waals surface area contributed by atoms with Gasteiger partial charge in [0.15, 0.2) is 0 Å². The van der Waals surface area contributed by atoms with Crippen molar-refractivity contribution in [3.63, 3.8) is 0 Å². The first-order chi connectivity index (χ1) is 6.27. The summed E-state index contributed by atoms with van der Waals surface area (Å²) < 4.78 is 8.88. The molecule has 0 amide bonds. The summed E-state index contributed by atoms with van der Waals surface area (Å²) in [7, 11) is -0.377. The molecule has 0 spiro atoms. The predicted octanol–water partition coefficient (Wildman–Crippen LogP) is 1.20. The van der Waals surface area contributed by atoms with Gasteiger partial charge in [-0.05, 0) is 27.1 Å². The normalized spacial score (nSPS) is 11.1. The van der Waals surface area contributed by atoms with E-state index in [2.05, 4.69) is 25.9 Å². The zero-order valence-electron chi connectivity index (χ0n) is 9.18. The van der Waals surface area contributed by atoms with Crippen molar-refractivity contribution >= 4 is 7.82 Å². The van der Waals surface area contributed by atoms with E-state index in [4.69, 9.17) is 19.2 Å². The van der Waals surface area contributed by atoms with Gasteiger partial charge in [0, 0.05) is 0 Å². The van der Waals surface area contributed by atoms with Crippen LogP contribution in [0.15, 0.2) is 0 Å². The lowest BCUT2D eigenvalue weighted by Gasteiger charge is -2.07. The Hall–Kier alpha value is 0.0700. The minimum Gasteiger partial charge on any atom is -0.309 e. The number of hydrogen-bond donors (Lipinski definition) is 3. The molecule has 0 heterocycles. The quantitative estimate of drug-likeness (QED) is 0.485. The number of unbranched alkanes of at least 4 members (excludes halogenated alkanes) is 3. The predicted molar refractivity (Wildman–Crippen MR) is 57.0 cm³/mol. The molecule has 6 heteroatoms. The topological polar surface area (TPSA) is 81.0 Å². The smallest absolute Gasteiger partial charge is 0.309 e. The summed E-state index contributed by atoms with van der Waals surface area (Å²) in [4.78, 5) is 23.8. The van der Waals surface area contributed by atoms with Gasteiger partial charge >= 0.3 is 7.82 Å². The Labute approximate surface area is 86.0 Å². The van der Waals surface area contributed by atoms with Crippen molar-refractivity contribution in [2.45, 2.75) is 32.6 Å². The van der Waals surface area contributed by atoms with E-state index >= 15 is 0 Å². The Kier molecular flexibility index (Phi) is 11.3. The first-order valence-electron chi connectivity index (χ1n) is 4.70. The maximum atomic E-state index is 8.88. The molecule has 0 aliphatic carbocycles. The minimum atomic E-state index is -4.64. The molecule has 3 N–H and O–H groups in total. The van der Waals surface area contributed by atoms with Gasteiger partial charge in [0.1, 0.15) is 0 Å². The number of hydrogen-bond acceptors (Lipinski definition) is 2. The highest BCUT2D eigenvalue weighted by atomic mass is 31.2. The van der Waals surface area contributed by atoms with Gasteiger partial charge < -0.3 is 19.6 Å². The third-order valence-electron chi connectivity index (χ3n) is 1.46. The Morgan fingerprint density at radius 3 is 1.79 bits per heavy atom. The van der Waals surface area contributed by atoms with Crippen molar-refractivity contribution in [3.8, 4) is 0 Å². The lowest BCUT2D eigenvalue weighted by molar-refractivity contribution is 0.275. The Morgan fingerprint density at radius 2 is 1.50 bits per heavy atom. The molecule has 88 valence electrons. The molecule has 0 aromatic rings. The second kappa shape index (κ2) is 9.62. The largest absolute Gasteiger partial charge is 0.466 e. The van der Waals surface area contributed by atoms with Gasteiger partial charge in [-0.3, -0.25) is 0 Å². The fourth-order valence-corrected chi connectivity index (χ4v) is 0.855. The molecule has 0 rings (SSSR count). The van der Waals surface area contributed by atoms with Crippen molar-refractivity contribution in [1.82, 2.24) is 4.90 Å². The molecule has 0 aliphatic heterocycles. The molecular formula is C8H22NO4P. The van der Waals surface area contributed by atoms with Gasteiger partial charge in [0.2, 0.25) is 0 Å². The van der Waals surface area contributed by atoms with Crippen LogP contribution in [0.25, 0.3) is 0 Å². The van der Waals surface area contributed by atoms with E-state index in [0.29, 0.717) is 0 Å². The van der Waals surface area contributed by atoms with Crippen LogP contribution in [0.4, 0.5) is 0 Å². The second-order valence-corrected chi connectivity index (χ2v) is 4.40. The van der Waals surface area contributed by atoms with Crippen LogP contribution < -0.4 is 0 Å². The first kappa shape index (κ1) is 16.5. The lowest BCUT2D eigenvalue weighted by atomic mass is 10.2. The van der Waals surface area contributed by atoms with Crippen LogP contribution in [0.3, 0.4) is 0 Å². The van der Waals surface area contributed by atoms with Crippen LogP contribution in [0.2, 0.25) is 0 Å². The zero-order chi connectivity index (χ0) is 11.6. The number of nitrogens with zero attached hydrogens (tertiary/aromatic N) is 1. The molecule has 0 saturated heterocycles. The van der Waals surface area contributed by atoms with Gasteiger partial charge in [-0.1, -0.05) is 26.2 Å². The van der Waals surface area contributed by atoms with Crippen molar-refractivity contribution in [1.29, 1.82) is 0 Å². The maximum Gasteiger partial charge on any atom is 0.466 e. The van der Waals surface area contributed by atoms with E-state index < -0.39 is 7.82 Å². The summed E-state index contributed by atoms with van der Waals surface area (Å²) in [6, 6.07) is 0. The third kappa shape index (κ3) is 40.1. The third-order valence-corrected chi connectivity index (χ3v) is 1.46. The molecule has 5 nitrogen and oxygen atoms in total. The molecule has 0 aromatic carbocycles. The summed E-state index contributed by atoms with van der Waals surface area (Å²) in [6.45, 7) is 3.50. The number of rotatable bonds is 5. The monoisotopic (exact) mass is 227 g/mol. The number of phosphoric acid groups is 1. The average Bonchev–Trinajstić information content (AvgIpc) is 1.94. The molecule has 0 aliphatic rings. The fraction of sp³-hybridized carbons (Fsp3) is 1.00. The van der Waals surface area contributed by atoms with Crippen molar-refractivity contribution in [2.75, 3.05) is 20.6 Å². The van der Waals surface area contributed by atoms with Crippen LogP contribution in [0, 0.1) is 0 Å². The standard InChI is InChI=1S/C8H19N.H3O4P/c1-4-5-6-7-8-9(2)3;1-5(2,3)4/h4-8H2,1-3H3;(H3,1,2,3,4). The fourth-order valence-electron chi connectivity index (χ4n) is 0.855. The summed E-state index contributed by atoms with van der Waals surface area (Å²) in [5.41, 5.74) is 0. The van der Waals surface area contributed by atoms with E-state index in [1.54, 1.807) is 0 Å². The molecule has 0 saturated carbocycles. The van der Waals surface area contributed by atoms with E-state index in [1.165, 1.54) is 32.2 Å². The van der Waals surface area contributed by atoms with Gasteiger partial charge in [0.25, 0.3) is 0 Å². The molecule has 0 atom stereocenters. The molecule has 0 aromatic heterocycles. The van der Waals surface area contributed by atoms with Crippen LogP contribution in [-0.2, 0) is 4.57 Å².